The summed E-state index contributed by atoms with van der Waals surface area (Å²) in [5.41, 5.74) is -1.54. The second kappa shape index (κ2) is 8.81. The quantitative estimate of drug-likeness (QED) is 0.633. The fourth-order valence-corrected chi connectivity index (χ4v) is 4.31. The van der Waals surface area contributed by atoms with Gasteiger partial charge in [-0.15, -0.1) is 0 Å². The number of amides is 1. The van der Waals surface area contributed by atoms with Crippen LogP contribution in [0.3, 0.4) is 0 Å². The Morgan fingerprint density at radius 1 is 1.14 bits per heavy atom. The summed E-state index contributed by atoms with van der Waals surface area (Å²) < 4.78 is 65.4. The predicted octanol–water partition coefficient (Wildman–Crippen LogP) is 5.20. The van der Waals surface area contributed by atoms with Crippen LogP contribution < -0.4 is 9.62 Å². The topological polar surface area (TPSA) is 66.5 Å². The number of nitrogens with one attached hydrogen (secondary N) is 1. The number of hydrogen-bond acceptors (Lipinski definition) is 3. The van der Waals surface area contributed by atoms with Crippen LogP contribution in [0.2, 0.25) is 10.0 Å². The van der Waals surface area contributed by atoms with Crippen LogP contribution in [0, 0.1) is 0 Å². The zero-order chi connectivity index (χ0) is 22.0. The highest BCUT2D eigenvalue weighted by Crippen LogP contribution is 2.37. The molecular weight excluding hydrogens is 452 g/mol. The number of rotatable bonds is 6. The van der Waals surface area contributed by atoms with Gasteiger partial charge in [-0.1, -0.05) is 36.2 Å². The number of alkyl halides is 3. The van der Waals surface area contributed by atoms with Crippen LogP contribution in [0.15, 0.2) is 42.5 Å². The summed E-state index contributed by atoms with van der Waals surface area (Å²) >= 11 is 11.6. The van der Waals surface area contributed by atoms with Crippen LogP contribution in [0.25, 0.3) is 0 Å². The normalized spacial score (nSPS) is 13.1. The van der Waals surface area contributed by atoms with E-state index in [2.05, 4.69) is 5.32 Å². The van der Waals surface area contributed by atoms with Crippen LogP contribution >= 0.6 is 23.2 Å². The van der Waals surface area contributed by atoms with Crippen molar-refractivity contribution in [3.8, 4) is 0 Å². The second-order valence-corrected chi connectivity index (χ2v) is 8.87. The van der Waals surface area contributed by atoms with E-state index in [1.807, 2.05) is 0 Å². The summed E-state index contributed by atoms with van der Waals surface area (Å²) in [5, 5.41) is 2.26. The summed E-state index contributed by atoms with van der Waals surface area (Å²) in [6.07, 6.45) is -3.87. The first-order valence-corrected chi connectivity index (χ1v) is 10.9. The number of anilines is 2. The maximum Gasteiger partial charge on any atom is 0.418 e. The molecule has 2 aromatic rings. The van der Waals surface area contributed by atoms with E-state index in [0.717, 1.165) is 16.6 Å². The van der Waals surface area contributed by atoms with Crippen molar-refractivity contribution in [1.82, 2.24) is 0 Å². The second-order valence-electron chi connectivity index (χ2n) is 6.14. The van der Waals surface area contributed by atoms with Crippen molar-refractivity contribution < 1.29 is 26.4 Å². The first kappa shape index (κ1) is 23.3. The lowest BCUT2D eigenvalue weighted by Crippen LogP contribution is -2.47. The Bertz CT molecular complexity index is 1010. The van der Waals surface area contributed by atoms with E-state index in [-0.39, 0.29) is 22.2 Å². The van der Waals surface area contributed by atoms with Crippen LogP contribution in [-0.2, 0) is 21.0 Å². The molecule has 0 unspecified atom stereocenters. The molecule has 0 aromatic heterocycles. The van der Waals surface area contributed by atoms with E-state index < -0.39 is 39.4 Å². The molecule has 2 aromatic carbocycles. The molecule has 0 saturated carbocycles. The van der Waals surface area contributed by atoms with Crippen molar-refractivity contribution in [1.29, 1.82) is 0 Å². The van der Waals surface area contributed by atoms with Gasteiger partial charge in [0.25, 0.3) is 0 Å². The lowest BCUT2D eigenvalue weighted by Gasteiger charge is -2.30. The lowest BCUT2D eigenvalue weighted by molar-refractivity contribution is -0.137. The Hall–Kier alpha value is -1.97. The zero-order valence-electron chi connectivity index (χ0n) is 15.3. The average molecular weight is 469 g/mol. The Balaban J connectivity index is 2.47. The SMILES string of the molecule is CC[C@@H](C(=O)Nc1ccc(Cl)cc1C(F)(F)F)N(c1cccc(Cl)c1)S(C)(=O)=O. The van der Waals surface area contributed by atoms with Crippen LogP contribution in [0.4, 0.5) is 24.5 Å². The molecule has 1 amide bonds. The molecule has 29 heavy (non-hydrogen) atoms. The van der Waals surface area contributed by atoms with Crippen LogP contribution in [0.5, 0.6) is 0 Å². The third-order valence-corrected chi connectivity index (χ3v) is 5.59. The van der Waals surface area contributed by atoms with E-state index in [0.29, 0.717) is 6.07 Å². The molecule has 5 nitrogen and oxygen atoms in total. The minimum absolute atomic E-state index is 0.000355. The number of benzene rings is 2. The molecule has 0 aliphatic heterocycles. The average Bonchev–Trinajstić information content (AvgIpc) is 2.58. The Labute approximate surface area is 176 Å². The molecule has 0 aliphatic carbocycles. The monoisotopic (exact) mass is 468 g/mol. The van der Waals surface area contributed by atoms with Gasteiger partial charge in [0.2, 0.25) is 15.9 Å². The van der Waals surface area contributed by atoms with Gasteiger partial charge in [0.1, 0.15) is 6.04 Å². The standard InChI is InChI=1S/C18H17Cl2F3N2O3S/c1-3-16(25(29(2,27)28)13-6-4-5-11(19)9-13)17(26)24-15-8-7-12(20)10-14(15)18(21,22)23/h4-10,16H,3H2,1-2H3,(H,24,26)/t16-/m0/s1. The zero-order valence-corrected chi connectivity index (χ0v) is 17.6. The molecule has 0 bridgehead atoms. The van der Waals surface area contributed by atoms with E-state index in [9.17, 15) is 26.4 Å². The summed E-state index contributed by atoms with van der Waals surface area (Å²) in [4.78, 5) is 12.8. The van der Waals surface area contributed by atoms with Crippen molar-refractivity contribution in [2.24, 2.45) is 0 Å². The minimum Gasteiger partial charge on any atom is -0.324 e. The van der Waals surface area contributed by atoms with Gasteiger partial charge >= 0.3 is 6.18 Å². The summed E-state index contributed by atoms with van der Waals surface area (Å²) in [6, 6.07) is 7.40. The summed E-state index contributed by atoms with van der Waals surface area (Å²) in [5.74, 6) is -0.925. The molecule has 0 saturated heterocycles. The van der Waals surface area contributed by atoms with Crippen LogP contribution in [-0.4, -0.2) is 26.6 Å². The molecule has 1 atom stereocenters. The number of halogens is 5. The first-order chi connectivity index (χ1) is 13.3. The molecule has 0 spiro atoms. The first-order valence-electron chi connectivity index (χ1n) is 8.27. The third-order valence-electron chi connectivity index (χ3n) is 3.94. The van der Waals surface area contributed by atoms with Gasteiger partial charge in [-0.2, -0.15) is 13.2 Å². The van der Waals surface area contributed by atoms with E-state index in [4.69, 9.17) is 23.2 Å². The molecule has 158 valence electrons. The van der Waals surface area contributed by atoms with E-state index in [1.165, 1.54) is 30.3 Å². The summed E-state index contributed by atoms with van der Waals surface area (Å²) in [6.45, 7) is 1.54. The fraction of sp³-hybridized carbons (Fsp3) is 0.278. The van der Waals surface area contributed by atoms with Crippen molar-refractivity contribution >= 4 is 50.5 Å². The molecule has 2 rings (SSSR count). The van der Waals surface area contributed by atoms with Crippen LogP contribution in [0.1, 0.15) is 18.9 Å². The molecule has 0 fully saturated rings. The van der Waals surface area contributed by atoms with Gasteiger partial charge in [0.05, 0.1) is 23.2 Å². The van der Waals surface area contributed by atoms with Crippen molar-refractivity contribution in [2.45, 2.75) is 25.6 Å². The Morgan fingerprint density at radius 3 is 2.28 bits per heavy atom. The maximum atomic E-state index is 13.3. The van der Waals surface area contributed by atoms with Crippen molar-refractivity contribution in [3.63, 3.8) is 0 Å². The number of carbonyl (C=O) groups is 1. The van der Waals surface area contributed by atoms with E-state index >= 15 is 0 Å². The predicted molar refractivity (Wildman–Crippen MR) is 108 cm³/mol. The van der Waals surface area contributed by atoms with Gasteiger partial charge < -0.3 is 5.32 Å². The molecule has 0 heterocycles. The van der Waals surface area contributed by atoms with Crippen molar-refractivity contribution in [2.75, 3.05) is 15.9 Å². The number of hydrogen-bond donors (Lipinski definition) is 1. The number of carbonyl (C=O) groups excluding carboxylic acids is 1. The largest absolute Gasteiger partial charge is 0.418 e. The Morgan fingerprint density at radius 2 is 1.76 bits per heavy atom. The minimum atomic E-state index is -4.77. The highest BCUT2D eigenvalue weighted by molar-refractivity contribution is 7.92. The van der Waals surface area contributed by atoms with Gasteiger partial charge in [0, 0.05) is 10.0 Å². The van der Waals surface area contributed by atoms with Gasteiger partial charge in [-0.25, -0.2) is 8.42 Å². The highest BCUT2D eigenvalue weighted by Gasteiger charge is 2.36. The maximum absolute atomic E-state index is 13.3. The van der Waals surface area contributed by atoms with Crippen molar-refractivity contribution in [3.05, 3.63) is 58.1 Å². The smallest absolute Gasteiger partial charge is 0.324 e. The summed E-state index contributed by atoms with van der Waals surface area (Å²) in [7, 11) is -3.96. The number of nitrogens with zero attached hydrogens (tertiary/aromatic N) is 1. The molecule has 11 heteroatoms. The lowest BCUT2D eigenvalue weighted by atomic mass is 10.1. The number of sulfonamides is 1. The van der Waals surface area contributed by atoms with Gasteiger partial charge in [-0.3, -0.25) is 9.10 Å². The molecule has 0 aliphatic rings. The Kier molecular flexibility index (Phi) is 7.08. The van der Waals surface area contributed by atoms with Gasteiger partial charge in [0.15, 0.2) is 0 Å². The third kappa shape index (κ3) is 5.77. The molecular formula is C18H17Cl2F3N2O3S. The molecule has 1 N–H and O–H groups in total. The highest BCUT2D eigenvalue weighted by atomic mass is 35.5. The van der Waals surface area contributed by atoms with Gasteiger partial charge in [-0.05, 0) is 42.8 Å². The molecule has 0 radical (unpaired) electrons. The fourth-order valence-electron chi connectivity index (χ4n) is 2.75. The van der Waals surface area contributed by atoms with E-state index in [1.54, 1.807) is 6.92 Å².